The van der Waals surface area contributed by atoms with E-state index in [1.165, 1.54) is 50.9 Å². The highest BCUT2D eigenvalue weighted by molar-refractivity contribution is 5.38. The molecule has 0 saturated carbocycles. The minimum Gasteiger partial charge on any atom is -0.332 e. The van der Waals surface area contributed by atoms with Gasteiger partial charge in [0.05, 0.1) is 0 Å². The second-order valence-corrected chi connectivity index (χ2v) is 9.63. The molecule has 0 amide bonds. The van der Waals surface area contributed by atoms with Gasteiger partial charge in [-0.15, -0.1) is 0 Å². The topological polar surface area (TPSA) is 35.5 Å². The van der Waals surface area contributed by atoms with Crippen LogP contribution in [-0.4, -0.2) is 70.6 Å². The van der Waals surface area contributed by atoms with Gasteiger partial charge in [-0.3, -0.25) is 4.90 Å². The third kappa shape index (κ3) is 4.14. The summed E-state index contributed by atoms with van der Waals surface area (Å²) < 4.78 is 0. The van der Waals surface area contributed by atoms with E-state index in [1.54, 1.807) is 0 Å². The van der Waals surface area contributed by atoms with E-state index < -0.39 is 0 Å². The van der Waals surface area contributed by atoms with Gasteiger partial charge in [0.1, 0.15) is 0 Å². The Hall–Kier alpha value is -1.20. The van der Waals surface area contributed by atoms with Crippen molar-refractivity contribution in [3.8, 4) is 0 Å². The average Bonchev–Trinajstić information content (AvgIpc) is 2.91. The van der Waals surface area contributed by atoms with Gasteiger partial charge >= 0.3 is 0 Å². The number of aromatic nitrogens is 2. The van der Waals surface area contributed by atoms with Gasteiger partial charge < -0.3 is 9.80 Å². The Labute approximate surface area is 165 Å². The van der Waals surface area contributed by atoms with Crippen LogP contribution in [0.15, 0.2) is 12.4 Å². The Morgan fingerprint density at radius 2 is 1.52 bits per heavy atom. The summed E-state index contributed by atoms with van der Waals surface area (Å²) in [7, 11) is 0. The van der Waals surface area contributed by atoms with E-state index in [2.05, 4.69) is 54.8 Å². The first-order chi connectivity index (χ1) is 13.0. The molecule has 2 atom stereocenters. The fraction of sp³-hybridized carbons (Fsp3) is 0.818. The van der Waals surface area contributed by atoms with Gasteiger partial charge in [0.2, 0.25) is 5.95 Å². The van der Waals surface area contributed by atoms with Crippen molar-refractivity contribution in [3.05, 3.63) is 18.0 Å². The molecule has 0 aliphatic carbocycles. The highest BCUT2D eigenvalue weighted by Crippen LogP contribution is 2.34. The van der Waals surface area contributed by atoms with Gasteiger partial charge in [-0.2, -0.15) is 0 Å². The van der Waals surface area contributed by atoms with Gasteiger partial charge in [0.25, 0.3) is 0 Å². The predicted molar refractivity (Wildman–Crippen MR) is 111 cm³/mol. The Morgan fingerprint density at radius 3 is 2.04 bits per heavy atom. The van der Waals surface area contributed by atoms with Crippen LogP contribution < -0.4 is 4.90 Å². The molecule has 0 aromatic carbocycles. The smallest absolute Gasteiger partial charge is 0.225 e. The number of piperidine rings is 1. The molecule has 4 rings (SSSR count). The normalized spacial score (nSPS) is 27.9. The molecule has 0 radical (unpaired) electrons. The first-order valence-corrected chi connectivity index (χ1v) is 11.1. The molecule has 27 heavy (non-hydrogen) atoms. The molecule has 1 aromatic rings. The molecular weight excluding hydrogens is 334 g/mol. The average molecular weight is 372 g/mol. The number of anilines is 1. The maximum atomic E-state index is 4.84. The fourth-order valence-electron chi connectivity index (χ4n) is 5.32. The summed E-state index contributed by atoms with van der Waals surface area (Å²) >= 11 is 0. The van der Waals surface area contributed by atoms with Crippen LogP contribution in [0.2, 0.25) is 0 Å². The third-order valence-electron chi connectivity index (χ3n) is 6.81. The van der Waals surface area contributed by atoms with Crippen molar-refractivity contribution >= 4 is 5.95 Å². The lowest BCUT2D eigenvalue weighted by Gasteiger charge is -2.42. The largest absolute Gasteiger partial charge is 0.332 e. The third-order valence-corrected chi connectivity index (χ3v) is 6.81. The number of likely N-dealkylation sites (tertiary alicyclic amines) is 2. The summed E-state index contributed by atoms with van der Waals surface area (Å²) in [6.45, 7) is 15.2. The first-order valence-electron chi connectivity index (χ1n) is 11.1. The van der Waals surface area contributed by atoms with Crippen LogP contribution in [0.4, 0.5) is 5.95 Å². The van der Waals surface area contributed by atoms with Gasteiger partial charge in [0, 0.05) is 50.2 Å². The lowest BCUT2D eigenvalue weighted by molar-refractivity contribution is 0.176. The summed E-state index contributed by atoms with van der Waals surface area (Å²) in [5.41, 5.74) is 1.34. The van der Waals surface area contributed by atoms with Crippen molar-refractivity contribution in [2.45, 2.75) is 77.4 Å². The first kappa shape index (κ1) is 19.1. The van der Waals surface area contributed by atoms with Gasteiger partial charge in [0.15, 0.2) is 0 Å². The predicted octanol–water partition coefficient (Wildman–Crippen LogP) is 3.37. The highest BCUT2D eigenvalue weighted by atomic mass is 15.4. The SMILES string of the molecule is CC(C)CN1CCC(c2cnc(N3C4CCC3CN(C(C)C)C4)nc2)CC1. The van der Waals surface area contributed by atoms with Crippen LogP contribution in [-0.2, 0) is 0 Å². The monoisotopic (exact) mass is 371 g/mol. The fourth-order valence-corrected chi connectivity index (χ4v) is 5.32. The zero-order valence-corrected chi connectivity index (χ0v) is 17.6. The van der Waals surface area contributed by atoms with E-state index in [4.69, 9.17) is 9.97 Å². The van der Waals surface area contributed by atoms with E-state index in [9.17, 15) is 0 Å². The second-order valence-electron chi connectivity index (χ2n) is 9.63. The highest BCUT2D eigenvalue weighted by Gasteiger charge is 2.41. The Bertz CT molecular complexity index is 592. The number of hydrogen-bond donors (Lipinski definition) is 0. The second kappa shape index (κ2) is 8.04. The number of nitrogens with zero attached hydrogens (tertiary/aromatic N) is 5. The summed E-state index contributed by atoms with van der Waals surface area (Å²) in [6.07, 6.45) is 9.31. The summed E-state index contributed by atoms with van der Waals surface area (Å²) in [4.78, 5) is 17.4. The van der Waals surface area contributed by atoms with Crippen LogP contribution >= 0.6 is 0 Å². The summed E-state index contributed by atoms with van der Waals surface area (Å²) in [5, 5.41) is 0. The van der Waals surface area contributed by atoms with Crippen LogP contribution in [0.25, 0.3) is 0 Å². The molecule has 5 nitrogen and oxygen atoms in total. The molecule has 0 spiro atoms. The number of piperazine rings is 1. The molecule has 5 heteroatoms. The molecule has 3 saturated heterocycles. The van der Waals surface area contributed by atoms with E-state index in [1.807, 2.05) is 0 Å². The number of fused-ring (bicyclic) bond motifs is 2. The van der Waals surface area contributed by atoms with E-state index in [0.717, 1.165) is 25.0 Å². The minimum atomic E-state index is 0.594. The van der Waals surface area contributed by atoms with Crippen LogP contribution in [0.1, 0.15) is 64.9 Å². The zero-order chi connectivity index (χ0) is 19.0. The van der Waals surface area contributed by atoms with Gasteiger partial charge in [-0.25, -0.2) is 9.97 Å². The van der Waals surface area contributed by atoms with E-state index >= 15 is 0 Å². The van der Waals surface area contributed by atoms with Crippen molar-refractivity contribution in [1.82, 2.24) is 19.8 Å². The van der Waals surface area contributed by atoms with Crippen molar-refractivity contribution in [2.24, 2.45) is 5.92 Å². The molecule has 0 N–H and O–H groups in total. The van der Waals surface area contributed by atoms with Gasteiger partial charge in [-0.1, -0.05) is 13.8 Å². The van der Waals surface area contributed by atoms with Gasteiger partial charge in [-0.05, 0) is 70.0 Å². The molecule has 3 aliphatic heterocycles. The molecular formula is C22H37N5. The van der Waals surface area contributed by atoms with Crippen LogP contribution in [0.3, 0.4) is 0 Å². The molecule has 3 fully saturated rings. The van der Waals surface area contributed by atoms with E-state index in [-0.39, 0.29) is 0 Å². The van der Waals surface area contributed by atoms with Crippen molar-refractivity contribution in [1.29, 1.82) is 0 Å². The summed E-state index contributed by atoms with van der Waals surface area (Å²) in [6, 6.07) is 1.83. The zero-order valence-electron chi connectivity index (χ0n) is 17.6. The standard InChI is InChI=1S/C22H37N5/c1-16(2)13-25-9-7-18(8-10-25)19-11-23-22(24-12-19)27-20-5-6-21(27)15-26(14-20)17(3)4/h11-12,16-18,20-21H,5-10,13-15H2,1-4H3. The molecule has 150 valence electrons. The quantitative estimate of drug-likeness (QED) is 0.793. The molecule has 2 bridgehead atoms. The Kier molecular flexibility index (Phi) is 5.70. The maximum absolute atomic E-state index is 4.84. The van der Waals surface area contributed by atoms with Crippen molar-refractivity contribution in [2.75, 3.05) is 37.6 Å². The Balaban J connectivity index is 1.38. The molecule has 2 unspecified atom stereocenters. The Morgan fingerprint density at radius 1 is 0.926 bits per heavy atom. The summed E-state index contributed by atoms with van der Waals surface area (Å²) in [5.74, 6) is 2.36. The maximum Gasteiger partial charge on any atom is 0.225 e. The lowest BCUT2D eigenvalue weighted by Crippen LogP contribution is -2.56. The van der Waals surface area contributed by atoms with E-state index in [0.29, 0.717) is 24.0 Å². The molecule has 3 aliphatic rings. The molecule has 1 aromatic heterocycles. The van der Waals surface area contributed by atoms with Crippen LogP contribution in [0.5, 0.6) is 0 Å². The number of hydrogen-bond acceptors (Lipinski definition) is 5. The number of rotatable bonds is 5. The van der Waals surface area contributed by atoms with Crippen molar-refractivity contribution < 1.29 is 0 Å². The lowest BCUT2D eigenvalue weighted by atomic mass is 9.91. The van der Waals surface area contributed by atoms with Crippen molar-refractivity contribution in [3.63, 3.8) is 0 Å². The minimum absolute atomic E-state index is 0.594. The van der Waals surface area contributed by atoms with Crippen LogP contribution in [0, 0.1) is 5.92 Å². The molecule has 4 heterocycles.